The Labute approximate surface area is 119 Å². The Morgan fingerprint density at radius 3 is 2.85 bits per heavy atom. The van der Waals surface area contributed by atoms with Crippen LogP contribution in [0.5, 0.6) is 0 Å². The van der Waals surface area contributed by atoms with Gasteiger partial charge in [0.2, 0.25) is 5.95 Å². The van der Waals surface area contributed by atoms with Gasteiger partial charge < -0.3 is 10.2 Å². The number of piperazine rings is 1. The standard InChI is InChI=1S/C14H22N6/c1-12-3-5-20-13(11-12)16-14(17-20)15-4-6-19-9-7-18(2)8-10-19/h3,5,11H,4,6-10H2,1-2H3,(H,15,17). The second-order valence-corrected chi connectivity index (χ2v) is 5.51. The van der Waals surface area contributed by atoms with E-state index in [9.17, 15) is 0 Å². The van der Waals surface area contributed by atoms with Gasteiger partial charge in [-0.15, -0.1) is 5.10 Å². The number of aryl methyl sites for hydroxylation is 1. The third-order valence-corrected chi connectivity index (χ3v) is 3.80. The fraction of sp³-hybridized carbons (Fsp3) is 0.571. The second-order valence-electron chi connectivity index (χ2n) is 5.51. The molecule has 20 heavy (non-hydrogen) atoms. The van der Waals surface area contributed by atoms with E-state index in [-0.39, 0.29) is 0 Å². The molecular formula is C14H22N6. The smallest absolute Gasteiger partial charge is 0.243 e. The van der Waals surface area contributed by atoms with Gasteiger partial charge >= 0.3 is 0 Å². The summed E-state index contributed by atoms with van der Waals surface area (Å²) >= 11 is 0. The van der Waals surface area contributed by atoms with Crippen LogP contribution in [-0.4, -0.2) is 70.7 Å². The molecule has 0 atom stereocenters. The summed E-state index contributed by atoms with van der Waals surface area (Å²) in [7, 11) is 2.18. The van der Waals surface area contributed by atoms with Crippen molar-refractivity contribution in [1.82, 2.24) is 24.4 Å². The number of hydrogen-bond acceptors (Lipinski definition) is 5. The lowest BCUT2D eigenvalue weighted by Crippen LogP contribution is -2.45. The molecule has 3 heterocycles. The van der Waals surface area contributed by atoms with Gasteiger partial charge in [0.05, 0.1) is 0 Å². The average Bonchev–Trinajstić information content (AvgIpc) is 2.83. The van der Waals surface area contributed by atoms with E-state index in [1.54, 1.807) is 0 Å². The normalized spacial score (nSPS) is 17.7. The Balaban J connectivity index is 1.52. The first-order valence-electron chi connectivity index (χ1n) is 7.18. The van der Waals surface area contributed by atoms with Crippen LogP contribution in [0.2, 0.25) is 0 Å². The number of aromatic nitrogens is 3. The van der Waals surface area contributed by atoms with Gasteiger partial charge in [-0.2, -0.15) is 4.98 Å². The number of nitrogens with one attached hydrogen (secondary N) is 1. The maximum atomic E-state index is 4.48. The highest BCUT2D eigenvalue weighted by molar-refractivity contribution is 5.45. The first-order valence-corrected chi connectivity index (χ1v) is 7.18. The molecule has 1 saturated heterocycles. The van der Waals surface area contributed by atoms with E-state index in [0.717, 1.165) is 44.9 Å². The third-order valence-electron chi connectivity index (χ3n) is 3.80. The van der Waals surface area contributed by atoms with Crippen molar-refractivity contribution in [2.24, 2.45) is 0 Å². The minimum absolute atomic E-state index is 0.713. The first-order chi connectivity index (χ1) is 9.70. The number of likely N-dealkylation sites (N-methyl/N-ethyl adjacent to an activating group) is 1. The largest absolute Gasteiger partial charge is 0.352 e. The lowest BCUT2D eigenvalue weighted by atomic mass is 10.3. The van der Waals surface area contributed by atoms with Gasteiger partial charge in [0.1, 0.15) is 0 Å². The predicted octanol–water partition coefficient (Wildman–Crippen LogP) is 0.697. The summed E-state index contributed by atoms with van der Waals surface area (Å²) in [5.74, 6) is 0.713. The molecule has 1 aliphatic rings. The highest BCUT2D eigenvalue weighted by Crippen LogP contribution is 2.07. The van der Waals surface area contributed by atoms with Gasteiger partial charge in [-0.1, -0.05) is 0 Å². The summed E-state index contributed by atoms with van der Waals surface area (Å²) in [6.45, 7) is 8.61. The van der Waals surface area contributed by atoms with Crippen molar-refractivity contribution in [2.45, 2.75) is 6.92 Å². The maximum absolute atomic E-state index is 4.48. The molecule has 1 aliphatic heterocycles. The Hall–Kier alpha value is -1.66. The number of pyridine rings is 1. The molecule has 6 nitrogen and oxygen atoms in total. The van der Waals surface area contributed by atoms with Gasteiger partial charge in [0.15, 0.2) is 5.65 Å². The van der Waals surface area contributed by atoms with Crippen LogP contribution >= 0.6 is 0 Å². The maximum Gasteiger partial charge on any atom is 0.243 e. The Kier molecular flexibility index (Phi) is 3.84. The molecule has 3 rings (SSSR count). The summed E-state index contributed by atoms with van der Waals surface area (Å²) < 4.78 is 1.81. The minimum Gasteiger partial charge on any atom is -0.352 e. The minimum atomic E-state index is 0.713. The molecule has 0 bridgehead atoms. The molecule has 0 amide bonds. The van der Waals surface area contributed by atoms with Crippen molar-refractivity contribution in [1.29, 1.82) is 0 Å². The van der Waals surface area contributed by atoms with Crippen LogP contribution in [0.1, 0.15) is 5.56 Å². The van der Waals surface area contributed by atoms with Crippen molar-refractivity contribution in [3.63, 3.8) is 0 Å². The molecule has 2 aromatic rings. The van der Waals surface area contributed by atoms with E-state index in [0.29, 0.717) is 5.95 Å². The van der Waals surface area contributed by atoms with Gasteiger partial charge in [-0.25, -0.2) is 4.52 Å². The molecular weight excluding hydrogens is 252 g/mol. The van der Waals surface area contributed by atoms with Crippen molar-refractivity contribution in [3.05, 3.63) is 23.9 Å². The highest BCUT2D eigenvalue weighted by Gasteiger charge is 2.13. The van der Waals surface area contributed by atoms with Crippen molar-refractivity contribution in [3.8, 4) is 0 Å². The van der Waals surface area contributed by atoms with Crippen LogP contribution in [0.3, 0.4) is 0 Å². The van der Waals surface area contributed by atoms with E-state index in [1.165, 1.54) is 5.56 Å². The third kappa shape index (κ3) is 3.08. The summed E-state index contributed by atoms with van der Waals surface area (Å²) in [5, 5.41) is 7.73. The van der Waals surface area contributed by atoms with Crippen molar-refractivity contribution < 1.29 is 0 Å². The number of fused-ring (bicyclic) bond motifs is 1. The predicted molar refractivity (Wildman–Crippen MR) is 80.2 cm³/mol. The molecule has 1 N–H and O–H groups in total. The van der Waals surface area contributed by atoms with Crippen LogP contribution in [0.4, 0.5) is 5.95 Å². The van der Waals surface area contributed by atoms with E-state index in [2.05, 4.69) is 39.2 Å². The quantitative estimate of drug-likeness (QED) is 0.889. The Bertz CT molecular complexity index is 570. The van der Waals surface area contributed by atoms with E-state index in [1.807, 2.05) is 22.8 Å². The van der Waals surface area contributed by atoms with Crippen LogP contribution in [0, 0.1) is 6.92 Å². The Morgan fingerprint density at radius 2 is 2.05 bits per heavy atom. The molecule has 0 aromatic carbocycles. The first kappa shape index (κ1) is 13.3. The molecule has 108 valence electrons. The molecule has 6 heteroatoms. The molecule has 0 radical (unpaired) electrons. The molecule has 0 aliphatic carbocycles. The fourth-order valence-corrected chi connectivity index (χ4v) is 2.46. The van der Waals surface area contributed by atoms with E-state index < -0.39 is 0 Å². The summed E-state index contributed by atoms with van der Waals surface area (Å²) in [6.07, 6.45) is 1.95. The number of hydrogen-bond donors (Lipinski definition) is 1. The molecule has 2 aromatic heterocycles. The van der Waals surface area contributed by atoms with Gasteiger partial charge in [-0.05, 0) is 31.7 Å². The summed E-state index contributed by atoms with van der Waals surface area (Å²) in [4.78, 5) is 9.33. The van der Waals surface area contributed by atoms with E-state index >= 15 is 0 Å². The van der Waals surface area contributed by atoms with Crippen LogP contribution in [0.25, 0.3) is 5.65 Å². The van der Waals surface area contributed by atoms with E-state index in [4.69, 9.17) is 0 Å². The van der Waals surface area contributed by atoms with Gasteiger partial charge in [0.25, 0.3) is 0 Å². The zero-order valence-corrected chi connectivity index (χ0v) is 12.2. The van der Waals surface area contributed by atoms with Gasteiger partial charge in [0, 0.05) is 45.5 Å². The fourth-order valence-electron chi connectivity index (χ4n) is 2.46. The molecule has 1 fully saturated rings. The zero-order valence-electron chi connectivity index (χ0n) is 12.2. The number of nitrogens with zero attached hydrogens (tertiary/aromatic N) is 5. The summed E-state index contributed by atoms with van der Waals surface area (Å²) in [6, 6.07) is 4.08. The number of rotatable bonds is 4. The molecule has 0 unspecified atom stereocenters. The molecule has 0 spiro atoms. The van der Waals surface area contributed by atoms with Crippen LogP contribution < -0.4 is 5.32 Å². The van der Waals surface area contributed by atoms with Gasteiger partial charge in [-0.3, -0.25) is 4.90 Å². The van der Waals surface area contributed by atoms with Crippen LogP contribution in [0.15, 0.2) is 18.3 Å². The SMILES string of the molecule is Cc1ccn2nc(NCCN3CCN(C)CC3)nc2c1. The highest BCUT2D eigenvalue weighted by atomic mass is 15.3. The zero-order chi connectivity index (χ0) is 13.9. The van der Waals surface area contributed by atoms with Crippen molar-refractivity contribution >= 4 is 11.6 Å². The second kappa shape index (κ2) is 5.76. The van der Waals surface area contributed by atoms with Crippen molar-refractivity contribution in [2.75, 3.05) is 51.6 Å². The summed E-state index contributed by atoms with van der Waals surface area (Å²) in [5.41, 5.74) is 2.10. The molecule has 0 saturated carbocycles. The Morgan fingerprint density at radius 1 is 1.25 bits per heavy atom. The lowest BCUT2D eigenvalue weighted by molar-refractivity contribution is 0.158. The monoisotopic (exact) mass is 274 g/mol. The topological polar surface area (TPSA) is 48.7 Å². The lowest BCUT2D eigenvalue weighted by Gasteiger charge is -2.32. The number of anilines is 1. The average molecular weight is 274 g/mol. The van der Waals surface area contributed by atoms with Crippen LogP contribution in [-0.2, 0) is 0 Å².